The van der Waals surface area contributed by atoms with Crippen LogP contribution in [0.4, 0.5) is 0 Å². The van der Waals surface area contributed by atoms with Crippen LogP contribution in [-0.2, 0) is 9.53 Å². The molecular weight excluding hydrogens is 320 g/mol. The number of rotatable bonds is 4. The lowest BCUT2D eigenvalue weighted by Gasteiger charge is -2.32. The number of hydrogen-bond donors (Lipinski definition) is 1. The number of nitrogens with one attached hydrogen (secondary N) is 1. The third kappa shape index (κ3) is 4.04. The molecule has 1 aromatic rings. The number of esters is 1. The van der Waals surface area contributed by atoms with Crippen molar-refractivity contribution >= 4 is 21.9 Å². The summed E-state index contributed by atoms with van der Waals surface area (Å²) in [6.45, 7) is 2.12. The van der Waals surface area contributed by atoms with Gasteiger partial charge in [0.05, 0.1) is 7.11 Å². The van der Waals surface area contributed by atoms with Crippen LogP contribution in [0.25, 0.3) is 0 Å². The first-order chi connectivity index (χ1) is 9.60. The number of piperidine rings is 1. The molecule has 0 aliphatic carbocycles. The molecule has 110 valence electrons. The van der Waals surface area contributed by atoms with Gasteiger partial charge in [0, 0.05) is 10.5 Å². The van der Waals surface area contributed by atoms with Gasteiger partial charge in [-0.05, 0) is 50.7 Å². The van der Waals surface area contributed by atoms with E-state index in [2.05, 4.69) is 33.2 Å². The van der Waals surface area contributed by atoms with Crippen molar-refractivity contribution in [2.75, 3.05) is 27.2 Å². The Morgan fingerprint density at radius 3 is 2.75 bits per heavy atom. The Bertz CT molecular complexity index is 459. The molecule has 0 unspecified atom stereocenters. The normalized spacial score (nSPS) is 18.8. The van der Waals surface area contributed by atoms with Gasteiger partial charge in [-0.3, -0.25) is 5.32 Å². The fourth-order valence-corrected chi connectivity index (χ4v) is 2.93. The molecule has 1 atom stereocenters. The van der Waals surface area contributed by atoms with Gasteiger partial charge in [0.15, 0.2) is 0 Å². The lowest BCUT2D eigenvalue weighted by atomic mass is 10.0. The molecule has 5 heteroatoms. The van der Waals surface area contributed by atoms with Crippen LogP contribution >= 0.6 is 15.9 Å². The molecule has 20 heavy (non-hydrogen) atoms. The first-order valence-electron chi connectivity index (χ1n) is 6.88. The van der Waals surface area contributed by atoms with E-state index in [4.69, 9.17) is 4.74 Å². The number of nitrogens with zero attached hydrogens (tertiary/aromatic N) is 1. The number of carbonyl (C=O) groups excluding carboxylic acids is 1. The number of hydrogen-bond acceptors (Lipinski definition) is 4. The van der Waals surface area contributed by atoms with E-state index < -0.39 is 6.04 Å². The molecule has 0 aromatic heterocycles. The van der Waals surface area contributed by atoms with E-state index in [1.54, 1.807) is 0 Å². The minimum atomic E-state index is -0.397. The minimum Gasteiger partial charge on any atom is -0.468 e. The predicted octanol–water partition coefficient (Wildman–Crippen LogP) is 2.35. The van der Waals surface area contributed by atoms with Crippen LogP contribution in [0, 0.1) is 0 Å². The van der Waals surface area contributed by atoms with Gasteiger partial charge in [0.2, 0.25) is 0 Å². The van der Waals surface area contributed by atoms with Gasteiger partial charge in [0.1, 0.15) is 6.04 Å². The van der Waals surface area contributed by atoms with E-state index in [0.29, 0.717) is 6.04 Å². The average Bonchev–Trinajstić information content (AvgIpc) is 2.46. The van der Waals surface area contributed by atoms with E-state index in [1.165, 1.54) is 7.11 Å². The highest BCUT2D eigenvalue weighted by Gasteiger charge is 2.26. The SMILES string of the molecule is COC(=O)[C@@H](NC1CCN(C)CC1)c1cccc(Br)c1. The van der Waals surface area contributed by atoms with Crippen LogP contribution in [0.3, 0.4) is 0 Å². The summed E-state index contributed by atoms with van der Waals surface area (Å²) >= 11 is 3.45. The first-order valence-corrected chi connectivity index (χ1v) is 7.67. The smallest absolute Gasteiger partial charge is 0.327 e. The maximum Gasteiger partial charge on any atom is 0.327 e. The Kier molecular flexibility index (Phi) is 5.57. The number of methoxy groups -OCH3 is 1. The van der Waals surface area contributed by atoms with E-state index in [-0.39, 0.29) is 5.97 Å². The van der Waals surface area contributed by atoms with Gasteiger partial charge in [-0.25, -0.2) is 4.79 Å². The minimum absolute atomic E-state index is 0.234. The van der Waals surface area contributed by atoms with Crippen LogP contribution in [0.2, 0.25) is 0 Å². The maximum atomic E-state index is 12.1. The van der Waals surface area contributed by atoms with Crippen LogP contribution in [0.5, 0.6) is 0 Å². The van der Waals surface area contributed by atoms with Crippen molar-refractivity contribution in [1.29, 1.82) is 0 Å². The summed E-state index contributed by atoms with van der Waals surface area (Å²) in [5, 5.41) is 3.45. The molecule has 1 aliphatic heterocycles. The van der Waals surface area contributed by atoms with Crippen molar-refractivity contribution < 1.29 is 9.53 Å². The Morgan fingerprint density at radius 1 is 1.45 bits per heavy atom. The van der Waals surface area contributed by atoms with Crippen LogP contribution in [-0.4, -0.2) is 44.2 Å². The molecule has 0 amide bonds. The molecule has 1 heterocycles. The first kappa shape index (κ1) is 15.5. The molecule has 4 nitrogen and oxygen atoms in total. The van der Waals surface area contributed by atoms with E-state index in [1.807, 2.05) is 24.3 Å². The third-order valence-electron chi connectivity index (χ3n) is 3.74. The molecular formula is C15H21BrN2O2. The Hall–Kier alpha value is -0.910. The van der Waals surface area contributed by atoms with E-state index >= 15 is 0 Å². The Balaban J connectivity index is 2.10. The molecule has 0 bridgehead atoms. The van der Waals surface area contributed by atoms with Crippen LogP contribution in [0.1, 0.15) is 24.4 Å². The number of ether oxygens (including phenoxy) is 1. The highest BCUT2D eigenvalue weighted by Crippen LogP contribution is 2.21. The van der Waals surface area contributed by atoms with Crippen molar-refractivity contribution in [3.63, 3.8) is 0 Å². The van der Waals surface area contributed by atoms with Crippen LogP contribution in [0.15, 0.2) is 28.7 Å². The summed E-state index contributed by atoms with van der Waals surface area (Å²) in [6.07, 6.45) is 2.11. The predicted molar refractivity (Wildman–Crippen MR) is 82.6 cm³/mol. The molecule has 0 radical (unpaired) electrons. The summed E-state index contributed by atoms with van der Waals surface area (Å²) in [4.78, 5) is 14.4. The molecule has 0 spiro atoms. The maximum absolute atomic E-state index is 12.1. The van der Waals surface area contributed by atoms with Crippen molar-refractivity contribution in [1.82, 2.24) is 10.2 Å². The monoisotopic (exact) mass is 340 g/mol. The molecule has 1 N–H and O–H groups in total. The summed E-state index contributed by atoms with van der Waals surface area (Å²) < 4.78 is 5.91. The largest absolute Gasteiger partial charge is 0.468 e. The fraction of sp³-hybridized carbons (Fsp3) is 0.533. The van der Waals surface area contributed by atoms with Gasteiger partial charge in [-0.15, -0.1) is 0 Å². The van der Waals surface area contributed by atoms with Gasteiger partial charge in [-0.2, -0.15) is 0 Å². The van der Waals surface area contributed by atoms with Gasteiger partial charge < -0.3 is 9.64 Å². The van der Waals surface area contributed by atoms with Crippen molar-refractivity contribution in [3.8, 4) is 0 Å². The number of benzene rings is 1. The van der Waals surface area contributed by atoms with Gasteiger partial charge >= 0.3 is 5.97 Å². The second kappa shape index (κ2) is 7.20. The fourth-order valence-electron chi connectivity index (χ4n) is 2.52. The van der Waals surface area contributed by atoms with Crippen LogP contribution < -0.4 is 5.32 Å². The van der Waals surface area contributed by atoms with Crippen molar-refractivity contribution in [2.24, 2.45) is 0 Å². The van der Waals surface area contributed by atoms with E-state index in [0.717, 1.165) is 36.0 Å². The average molecular weight is 341 g/mol. The molecule has 0 saturated carbocycles. The highest BCUT2D eigenvalue weighted by atomic mass is 79.9. The molecule has 2 rings (SSSR count). The molecule has 1 aromatic carbocycles. The second-order valence-corrected chi connectivity index (χ2v) is 6.17. The number of carbonyl (C=O) groups is 1. The summed E-state index contributed by atoms with van der Waals surface area (Å²) in [5.74, 6) is -0.234. The zero-order valence-corrected chi connectivity index (χ0v) is 13.5. The topological polar surface area (TPSA) is 41.6 Å². The zero-order chi connectivity index (χ0) is 14.5. The molecule has 1 fully saturated rings. The van der Waals surface area contributed by atoms with Crippen molar-refractivity contribution in [3.05, 3.63) is 34.3 Å². The lowest BCUT2D eigenvalue weighted by Crippen LogP contribution is -2.44. The van der Waals surface area contributed by atoms with E-state index in [9.17, 15) is 4.79 Å². The summed E-state index contributed by atoms with van der Waals surface area (Å²) in [5.41, 5.74) is 0.935. The second-order valence-electron chi connectivity index (χ2n) is 5.26. The number of halogens is 1. The standard InChI is InChI=1S/C15H21BrN2O2/c1-18-8-6-13(7-9-18)17-14(15(19)20-2)11-4-3-5-12(16)10-11/h3-5,10,13-14,17H,6-9H2,1-2H3/t14-/m0/s1. The number of likely N-dealkylation sites (tertiary alicyclic amines) is 1. The summed E-state index contributed by atoms with van der Waals surface area (Å²) in [7, 11) is 3.56. The third-order valence-corrected chi connectivity index (χ3v) is 4.23. The highest BCUT2D eigenvalue weighted by molar-refractivity contribution is 9.10. The van der Waals surface area contributed by atoms with Crippen molar-refractivity contribution in [2.45, 2.75) is 24.9 Å². The summed E-state index contributed by atoms with van der Waals surface area (Å²) in [6, 6.07) is 7.76. The quantitative estimate of drug-likeness (QED) is 0.854. The Labute approximate surface area is 128 Å². The Morgan fingerprint density at radius 2 is 2.15 bits per heavy atom. The van der Waals surface area contributed by atoms with Gasteiger partial charge in [0.25, 0.3) is 0 Å². The zero-order valence-electron chi connectivity index (χ0n) is 11.9. The lowest BCUT2D eigenvalue weighted by molar-refractivity contribution is -0.143. The van der Waals surface area contributed by atoms with Gasteiger partial charge in [-0.1, -0.05) is 28.1 Å². The molecule has 1 aliphatic rings. The molecule has 1 saturated heterocycles.